The summed E-state index contributed by atoms with van der Waals surface area (Å²) in [5.74, 6) is 0. The zero-order valence-corrected chi connectivity index (χ0v) is 14.5. The summed E-state index contributed by atoms with van der Waals surface area (Å²) in [6, 6.07) is 19.1. The van der Waals surface area contributed by atoms with Crippen molar-refractivity contribution in [2.24, 2.45) is 0 Å². The van der Waals surface area contributed by atoms with E-state index in [1.54, 1.807) is 41.2 Å². The lowest BCUT2D eigenvalue weighted by atomic mass is 10.1. The zero-order valence-electron chi connectivity index (χ0n) is 14.5. The van der Waals surface area contributed by atoms with Gasteiger partial charge in [-0.2, -0.15) is 10.4 Å². The molecule has 0 spiro atoms. The summed E-state index contributed by atoms with van der Waals surface area (Å²) in [4.78, 5) is 13.9. The van der Waals surface area contributed by atoms with Crippen LogP contribution in [0, 0.1) is 11.3 Å². The Morgan fingerprint density at radius 1 is 1.15 bits per heavy atom. The number of hydrogen-bond acceptors (Lipinski definition) is 3. The molecule has 0 radical (unpaired) electrons. The Kier molecular flexibility index (Phi) is 5.30. The van der Waals surface area contributed by atoms with E-state index in [-0.39, 0.29) is 6.03 Å². The minimum absolute atomic E-state index is 0.214. The Hall–Kier alpha value is -3.59. The number of carbonyl (C=O) groups is 1. The van der Waals surface area contributed by atoms with Gasteiger partial charge in [0.1, 0.15) is 0 Å². The molecule has 0 saturated heterocycles. The van der Waals surface area contributed by atoms with Gasteiger partial charge in [0.25, 0.3) is 0 Å². The number of nitrogens with one attached hydrogen (secondary N) is 1. The predicted octanol–water partition coefficient (Wildman–Crippen LogP) is 3.47. The Labute approximate surface area is 152 Å². The lowest BCUT2D eigenvalue weighted by Crippen LogP contribution is -2.30. The molecule has 0 aliphatic carbocycles. The molecule has 3 rings (SSSR count). The van der Waals surface area contributed by atoms with Crippen molar-refractivity contribution in [1.82, 2.24) is 14.7 Å². The molecule has 1 aromatic heterocycles. The first-order valence-corrected chi connectivity index (χ1v) is 8.21. The number of benzene rings is 2. The van der Waals surface area contributed by atoms with E-state index in [1.165, 1.54) is 0 Å². The van der Waals surface area contributed by atoms with Crippen molar-refractivity contribution in [2.75, 3.05) is 12.4 Å². The van der Waals surface area contributed by atoms with Crippen LogP contribution in [0.4, 0.5) is 10.5 Å². The number of rotatable bonds is 5. The van der Waals surface area contributed by atoms with Crippen LogP contribution in [0.1, 0.15) is 16.7 Å². The third-order valence-electron chi connectivity index (χ3n) is 3.92. The Balaban J connectivity index is 1.56. The van der Waals surface area contributed by atoms with E-state index in [0.717, 1.165) is 11.1 Å². The summed E-state index contributed by atoms with van der Waals surface area (Å²) in [6.45, 7) is 1.10. The standard InChI is InChI=1S/C20H19N5O/c1-24(13-18-9-7-16(11-21)8-10-18)20(26)23-19-12-22-25(15-19)14-17-5-3-2-4-6-17/h2-10,12,15H,13-14H2,1H3,(H,23,26). The molecule has 3 aromatic rings. The molecule has 6 heteroatoms. The highest BCUT2D eigenvalue weighted by Crippen LogP contribution is 2.11. The third-order valence-corrected chi connectivity index (χ3v) is 3.92. The van der Waals surface area contributed by atoms with Gasteiger partial charge in [-0.15, -0.1) is 0 Å². The molecular weight excluding hydrogens is 326 g/mol. The Morgan fingerprint density at radius 2 is 1.88 bits per heavy atom. The van der Waals surface area contributed by atoms with Gasteiger partial charge in [0.2, 0.25) is 0 Å². The SMILES string of the molecule is CN(Cc1ccc(C#N)cc1)C(=O)Nc1cnn(Cc2ccccc2)c1. The third kappa shape index (κ3) is 4.48. The monoisotopic (exact) mass is 345 g/mol. The van der Waals surface area contributed by atoms with Gasteiger partial charge in [-0.05, 0) is 23.3 Å². The van der Waals surface area contributed by atoms with Gasteiger partial charge in [0.15, 0.2) is 0 Å². The van der Waals surface area contributed by atoms with Crippen molar-refractivity contribution in [2.45, 2.75) is 13.1 Å². The number of nitrogens with zero attached hydrogens (tertiary/aromatic N) is 4. The van der Waals surface area contributed by atoms with Crippen molar-refractivity contribution < 1.29 is 4.79 Å². The number of carbonyl (C=O) groups excluding carboxylic acids is 1. The second-order valence-corrected chi connectivity index (χ2v) is 6.01. The molecule has 0 bridgehead atoms. The molecule has 1 heterocycles. The van der Waals surface area contributed by atoms with Gasteiger partial charge in [0, 0.05) is 19.8 Å². The molecule has 0 unspecified atom stereocenters. The van der Waals surface area contributed by atoms with Crippen LogP contribution >= 0.6 is 0 Å². The van der Waals surface area contributed by atoms with Gasteiger partial charge >= 0.3 is 6.03 Å². The molecule has 0 fully saturated rings. The van der Waals surface area contributed by atoms with Crippen molar-refractivity contribution in [3.05, 3.63) is 83.7 Å². The first kappa shape index (κ1) is 17.2. The average Bonchev–Trinajstić information content (AvgIpc) is 3.10. The smallest absolute Gasteiger partial charge is 0.321 e. The van der Waals surface area contributed by atoms with Crippen molar-refractivity contribution in [3.63, 3.8) is 0 Å². The van der Waals surface area contributed by atoms with Crippen molar-refractivity contribution in [3.8, 4) is 6.07 Å². The maximum atomic E-state index is 12.3. The first-order valence-electron chi connectivity index (χ1n) is 8.21. The number of aromatic nitrogens is 2. The van der Waals surface area contributed by atoms with Crippen LogP contribution in [0.5, 0.6) is 0 Å². The molecule has 130 valence electrons. The van der Waals surface area contributed by atoms with Crippen LogP contribution in [0.25, 0.3) is 0 Å². The molecule has 2 aromatic carbocycles. The highest BCUT2D eigenvalue weighted by molar-refractivity contribution is 5.88. The van der Waals surface area contributed by atoms with E-state index in [0.29, 0.717) is 24.3 Å². The largest absolute Gasteiger partial charge is 0.323 e. The number of amides is 2. The summed E-state index contributed by atoms with van der Waals surface area (Å²) < 4.78 is 1.78. The maximum Gasteiger partial charge on any atom is 0.321 e. The molecule has 6 nitrogen and oxygen atoms in total. The fourth-order valence-electron chi connectivity index (χ4n) is 2.53. The fourth-order valence-corrected chi connectivity index (χ4v) is 2.53. The van der Waals surface area contributed by atoms with Crippen LogP contribution in [-0.2, 0) is 13.1 Å². The van der Waals surface area contributed by atoms with Crippen LogP contribution in [0.3, 0.4) is 0 Å². The number of urea groups is 1. The topological polar surface area (TPSA) is 74.0 Å². The van der Waals surface area contributed by atoms with Crippen LogP contribution in [-0.4, -0.2) is 27.8 Å². The molecule has 26 heavy (non-hydrogen) atoms. The van der Waals surface area contributed by atoms with Crippen LogP contribution < -0.4 is 5.32 Å². The van der Waals surface area contributed by atoms with E-state index in [2.05, 4.69) is 16.5 Å². The molecule has 0 aliphatic rings. The van der Waals surface area contributed by atoms with E-state index in [9.17, 15) is 4.79 Å². The summed E-state index contributed by atoms with van der Waals surface area (Å²) in [5, 5.41) is 15.9. The van der Waals surface area contributed by atoms with E-state index < -0.39 is 0 Å². The van der Waals surface area contributed by atoms with Crippen LogP contribution in [0.2, 0.25) is 0 Å². The zero-order chi connectivity index (χ0) is 18.4. The Bertz CT molecular complexity index is 909. The molecule has 0 aliphatic heterocycles. The van der Waals surface area contributed by atoms with Gasteiger partial charge in [-0.3, -0.25) is 4.68 Å². The summed E-state index contributed by atoms with van der Waals surface area (Å²) >= 11 is 0. The van der Waals surface area contributed by atoms with Gasteiger partial charge in [-0.25, -0.2) is 4.79 Å². The molecule has 0 saturated carbocycles. The summed E-state index contributed by atoms with van der Waals surface area (Å²) in [6.07, 6.45) is 3.44. The van der Waals surface area contributed by atoms with Gasteiger partial charge in [0.05, 0.1) is 30.1 Å². The first-order chi connectivity index (χ1) is 12.6. The Morgan fingerprint density at radius 3 is 2.58 bits per heavy atom. The normalized spacial score (nSPS) is 10.2. The number of hydrogen-bond donors (Lipinski definition) is 1. The molecule has 0 atom stereocenters. The minimum Gasteiger partial charge on any atom is -0.323 e. The van der Waals surface area contributed by atoms with E-state index in [1.807, 2.05) is 42.5 Å². The van der Waals surface area contributed by atoms with E-state index >= 15 is 0 Å². The molecular formula is C20H19N5O. The lowest BCUT2D eigenvalue weighted by Gasteiger charge is -2.17. The number of anilines is 1. The second kappa shape index (κ2) is 7.99. The summed E-state index contributed by atoms with van der Waals surface area (Å²) in [5.41, 5.74) is 3.36. The van der Waals surface area contributed by atoms with E-state index in [4.69, 9.17) is 5.26 Å². The predicted molar refractivity (Wildman–Crippen MR) is 99.4 cm³/mol. The number of nitriles is 1. The quantitative estimate of drug-likeness (QED) is 0.769. The average molecular weight is 345 g/mol. The minimum atomic E-state index is -0.214. The van der Waals surface area contributed by atoms with Gasteiger partial charge < -0.3 is 10.2 Å². The van der Waals surface area contributed by atoms with Crippen molar-refractivity contribution in [1.29, 1.82) is 5.26 Å². The van der Waals surface area contributed by atoms with Gasteiger partial charge in [-0.1, -0.05) is 42.5 Å². The maximum absolute atomic E-state index is 12.3. The molecule has 2 amide bonds. The summed E-state index contributed by atoms with van der Waals surface area (Å²) in [7, 11) is 1.72. The van der Waals surface area contributed by atoms with Crippen LogP contribution in [0.15, 0.2) is 67.0 Å². The highest BCUT2D eigenvalue weighted by atomic mass is 16.2. The molecule has 1 N–H and O–H groups in total. The lowest BCUT2D eigenvalue weighted by molar-refractivity contribution is 0.220. The highest BCUT2D eigenvalue weighted by Gasteiger charge is 2.11. The van der Waals surface area contributed by atoms with Crippen molar-refractivity contribution >= 4 is 11.7 Å². The fraction of sp³-hybridized carbons (Fsp3) is 0.150. The second-order valence-electron chi connectivity index (χ2n) is 6.01.